The highest BCUT2D eigenvalue weighted by Gasteiger charge is 2.35. The Hall–Kier alpha value is -1.33. The van der Waals surface area contributed by atoms with E-state index in [9.17, 15) is 13.2 Å². The van der Waals surface area contributed by atoms with Gasteiger partial charge in [-0.15, -0.1) is 0 Å². The van der Waals surface area contributed by atoms with Gasteiger partial charge in [0.05, 0.1) is 11.4 Å². The molecule has 1 aromatic heterocycles. The third-order valence-corrected chi connectivity index (χ3v) is 1.49. The predicted molar refractivity (Wildman–Crippen MR) is 38.2 cm³/mol. The molecule has 0 unspecified atom stereocenters. The van der Waals surface area contributed by atoms with Crippen LogP contribution in [0.5, 0.6) is 5.75 Å². The highest BCUT2D eigenvalue weighted by Crippen LogP contribution is 2.28. The fourth-order valence-electron chi connectivity index (χ4n) is 0.837. The summed E-state index contributed by atoms with van der Waals surface area (Å²) in [5.41, 5.74) is -0.139. The van der Waals surface area contributed by atoms with Crippen molar-refractivity contribution in [3.8, 4) is 5.75 Å². The van der Waals surface area contributed by atoms with Crippen LogP contribution in [0.2, 0.25) is 0 Å². The summed E-state index contributed by atoms with van der Waals surface area (Å²) in [5.74, 6) is -1.52. The summed E-state index contributed by atoms with van der Waals surface area (Å²) < 4.78 is 36.2. The number of rotatable bonds is 0. The van der Waals surface area contributed by atoms with Gasteiger partial charge in [-0.2, -0.15) is 13.2 Å². The first kappa shape index (κ1) is 9.76. The molecule has 0 bridgehead atoms. The third kappa shape index (κ3) is 1.88. The Morgan fingerprint density at radius 1 is 1.08 bits per heavy atom. The van der Waals surface area contributed by atoms with Crippen LogP contribution in [-0.2, 0) is 6.18 Å². The summed E-state index contributed by atoms with van der Waals surface area (Å²) in [5, 5.41) is 9.10. The molecule has 1 N–H and O–H groups in total. The van der Waals surface area contributed by atoms with E-state index in [0.717, 1.165) is 0 Å². The lowest BCUT2D eigenvalue weighted by molar-refractivity contribution is -0.145. The van der Waals surface area contributed by atoms with Crippen LogP contribution in [0.4, 0.5) is 13.2 Å². The predicted octanol–water partition coefficient (Wildman–Crippen LogP) is 1.82. The fraction of sp³-hybridized carbons (Fsp3) is 0.429. The number of alkyl halides is 3. The number of nitrogens with zero attached hydrogens (tertiary/aromatic N) is 2. The van der Waals surface area contributed by atoms with Crippen LogP contribution >= 0.6 is 0 Å². The van der Waals surface area contributed by atoms with Gasteiger partial charge in [-0.25, -0.2) is 9.97 Å². The third-order valence-electron chi connectivity index (χ3n) is 1.49. The molecular weight excluding hydrogens is 185 g/mol. The second-order valence-electron chi connectivity index (χ2n) is 2.56. The van der Waals surface area contributed by atoms with Crippen LogP contribution in [0.3, 0.4) is 0 Å². The van der Waals surface area contributed by atoms with Crippen molar-refractivity contribution in [2.75, 3.05) is 0 Å². The molecule has 0 amide bonds. The van der Waals surface area contributed by atoms with E-state index in [4.69, 9.17) is 5.11 Å². The van der Waals surface area contributed by atoms with Gasteiger partial charge >= 0.3 is 6.18 Å². The van der Waals surface area contributed by atoms with Crippen molar-refractivity contribution in [3.63, 3.8) is 0 Å². The standard InChI is InChI=1S/C7H7F3N2O/c1-3-5(13)4(2)12-6(11-3)7(8,9)10/h13H,1-2H3. The van der Waals surface area contributed by atoms with E-state index in [0.29, 0.717) is 0 Å². The van der Waals surface area contributed by atoms with E-state index in [2.05, 4.69) is 9.97 Å². The smallest absolute Gasteiger partial charge is 0.451 e. The minimum atomic E-state index is -4.57. The molecule has 0 aliphatic rings. The van der Waals surface area contributed by atoms with Gasteiger partial charge in [0, 0.05) is 0 Å². The minimum absolute atomic E-state index is 0.0696. The molecule has 1 heterocycles. The topological polar surface area (TPSA) is 46.0 Å². The maximum absolute atomic E-state index is 12.1. The van der Waals surface area contributed by atoms with Crippen LogP contribution < -0.4 is 0 Å². The molecule has 1 aromatic rings. The molecule has 1 rings (SSSR count). The van der Waals surface area contributed by atoms with Crippen molar-refractivity contribution >= 4 is 0 Å². The van der Waals surface area contributed by atoms with Crippen LogP contribution in [0.25, 0.3) is 0 Å². The van der Waals surface area contributed by atoms with Gasteiger partial charge in [-0.05, 0) is 13.8 Å². The second-order valence-corrected chi connectivity index (χ2v) is 2.56. The highest BCUT2D eigenvalue weighted by molar-refractivity contribution is 5.29. The zero-order valence-corrected chi connectivity index (χ0v) is 6.98. The minimum Gasteiger partial charge on any atom is -0.504 e. The van der Waals surface area contributed by atoms with E-state index in [1.807, 2.05) is 0 Å². The molecule has 0 radical (unpaired) electrons. The molecule has 0 fully saturated rings. The van der Waals surface area contributed by atoms with E-state index in [-0.39, 0.29) is 17.1 Å². The molecule has 72 valence electrons. The zero-order chi connectivity index (χ0) is 10.2. The summed E-state index contributed by atoms with van der Waals surface area (Å²) in [6.45, 7) is 2.58. The Kier molecular flexibility index (Phi) is 2.15. The zero-order valence-electron chi connectivity index (χ0n) is 6.98. The SMILES string of the molecule is Cc1nc(C(F)(F)F)nc(C)c1O. The monoisotopic (exact) mass is 192 g/mol. The lowest BCUT2D eigenvalue weighted by Crippen LogP contribution is -2.12. The average molecular weight is 192 g/mol. The number of hydrogen-bond donors (Lipinski definition) is 1. The molecule has 0 spiro atoms. The van der Waals surface area contributed by atoms with Gasteiger partial charge in [0.15, 0.2) is 5.75 Å². The summed E-state index contributed by atoms with van der Waals surface area (Å²) in [7, 11) is 0. The Balaban J connectivity index is 3.29. The van der Waals surface area contributed by atoms with Crippen molar-refractivity contribution in [1.82, 2.24) is 9.97 Å². The number of aromatic nitrogens is 2. The molecule has 3 nitrogen and oxygen atoms in total. The first-order chi connectivity index (χ1) is 5.82. The maximum Gasteiger partial charge on any atom is 0.451 e. The lowest BCUT2D eigenvalue weighted by Gasteiger charge is -2.07. The van der Waals surface area contributed by atoms with Crippen molar-refractivity contribution in [1.29, 1.82) is 0 Å². The van der Waals surface area contributed by atoms with Crippen molar-refractivity contribution < 1.29 is 18.3 Å². The first-order valence-corrected chi connectivity index (χ1v) is 3.43. The van der Waals surface area contributed by atoms with Gasteiger partial charge < -0.3 is 5.11 Å². The summed E-state index contributed by atoms with van der Waals surface area (Å²) >= 11 is 0. The van der Waals surface area contributed by atoms with Gasteiger partial charge in [0.25, 0.3) is 0 Å². The Bertz CT molecular complexity index is 312. The molecule has 13 heavy (non-hydrogen) atoms. The fourth-order valence-corrected chi connectivity index (χ4v) is 0.837. The van der Waals surface area contributed by atoms with Crippen LogP contribution in [-0.4, -0.2) is 15.1 Å². The molecule has 6 heteroatoms. The Morgan fingerprint density at radius 2 is 1.46 bits per heavy atom. The average Bonchev–Trinajstić information content (AvgIpc) is 1.97. The number of hydrogen-bond acceptors (Lipinski definition) is 3. The lowest BCUT2D eigenvalue weighted by atomic mass is 10.3. The van der Waals surface area contributed by atoms with Crippen molar-refractivity contribution in [2.45, 2.75) is 20.0 Å². The van der Waals surface area contributed by atoms with Gasteiger partial charge in [-0.1, -0.05) is 0 Å². The number of aromatic hydroxyl groups is 1. The molecular formula is C7H7F3N2O. The van der Waals surface area contributed by atoms with Crippen LogP contribution in [0, 0.1) is 13.8 Å². The second kappa shape index (κ2) is 2.86. The van der Waals surface area contributed by atoms with E-state index in [1.54, 1.807) is 0 Å². The van der Waals surface area contributed by atoms with Crippen LogP contribution in [0.15, 0.2) is 0 Å². The summed E-state index contributed by atoms with van der Waals surface area (Å²) in [6, 6.07) is 0. The largest absolute Gasteiger partial charge is 0.504 e. The van der Waals surface area contributed by atoms with Gasteiger partial charge in [-0.3, -0.25) is 0 Å². The summed E-state index contributed by atoms with van der Waals surface area (Å²) in [4.78, 5) is 6.24. The molecule has 0 aliphatic heterocycles. The number of aryl methyl sites for hydroxylation is 2. The highest BCUT2D eigenvalue weighted by atomic mass is 19.4. The van der Waals surface area contributed by atoms with E-state index in [1.165, 1.54) is 13.8 Å². The normalized spacial score (nSPS) is 11.8. The molecule has 0 aromatic carbocycles. The quantitative estimate of drug-likeness (QED) is 0.681. The van der Waals surface area contributed by atoms with Crippen molar-refractivity contribution in [3.05, 3.63) is 17.2 Å². The first-order valence-electron chi connectivity index (χ1n) is 3.43. The van der Waals surface area contributed by atoms with E-state index >= 15 is 0 Å². The molecule has 0 aliphatic carbocycles. The van der Waals surface area contributed by atoms with Crippen LogP contribution in [0.1, 0.15) is 17.2 Å². The Morgan fingerprint density at radius 3 is 1.77 bits per heavy atom. The van der Waals surface area contributed by atoms with Gasteiger partial charge in [0.1, 0.15) is 0 Å². The van der Waals surface area contributed by atoms with Crippen molar-refractivity contribution in [2.24, 2.45) is 0 Å². The molecule has 0 saturated carbocycles. The summed E-state index contributed by atoms with van der Waals surface area (Å²) in [6.07, 6.45) is -4.57. The van der Waals surface area contributed by atoms with E-state index < -0.39 is 12.0 Å². The number of halogens is 3. The molecule has 0 saturated heterocycles. The Labute approximate surface area is 72.3 Å². The maximum atomic E-state index is 12.1. The molecule has 0 atom stereocenters. The van der Waals surface area contributed by atoms with Gasteiger partial charge in [0.2, 0.25) is 5.82 Å².